The zero-order valence-corrected chi connectivity index (χ0v) is 12.8. The Labute approximate surface area is 122 Å². The molecule has 0 aliphatic heterocycles. The summed E-state index contributed by atoms with van der Waals surface area (Å²) in [4.78, 5) is 0. The van der Waals surface area contributed by atoms with Crippen LogP contribution in [0, 0.1) is 0 Å². The SMILES string of the molecule is CCc1ccccc1Oc1ccc([C@H](C)N)c(Br)c1. The summed E-state index contributed by atoms with van der Waals surface area (Å²) in [5, 5.41) is 0. The molecule has 2 N–H and O–H groups in total. The Balaban J connectivity index is 2.26. The van der Waals surface area contributed by atoms with E-state index in [1.807, 2.05) is 43.3 Å². The summed E-state index contributed by atoms with van der Waals surface area (Å²) in [6.45, 7) is 4.09. The van der Waals surface area contributed by atoms with E-state index in [0.717, 1.165) is 28.0 Å². The summed E-state index contributed by atoms with van der Waals surface area (Å²) in [5.41, 5.74) is 8.18. The second-order valence-corrected chi connectivity index (χ2v) is 5.39. The van der Waals surface area contributed by atoms with Crippen molar-refractivity contribution < 1.29 is 4.74 Å². The van der Waals surface area contributed by atoms with Gasteiger partial charge >= 0.3 is 0 Å². The van der Waals surface area contributed by atoms with Gasteiger partial charge in [0.15, 0.2) is 0 Å². The molecule has 0 spiro atoms. The Kier molecular flexibility index (Phi) is 4.61. The van der Waals surface area contributed by atoms with Crippen molar-refractivity contribution in [3.8, 4) is 11.5 Å². The van der Waals surface area contributed by atoms with Gasteiger partial charge < -0.3 is 10.5 Å². The van der Waals surface area contributed by atoms with Crippen molar-refractivity contribution in [2.75, 3.05) is 0 Å². The highest BCUT2D eigenvalue weighted by atomic mass is 79.9. The summed E-state index contributed by atoms with van der Waals surface area (Å²) >= 11 is 3.54. The Bertz CT molecular complexity index is 566. The fourth-order valence-electron chi connectivity index (χ4n) is 1.96. The van der Waals surface area contributed by atoms with Gasteiger partial charge in [-0.25, -0.2) is 0 Å². The highest BCUT2D eigenvalue weighted by Crippen LogP contribution is 2.31. The van der Waals surface area contributed by atoms with E-state index < -0.39 is 0 Å². The highest BCUT2D eigenvalue weighted by Gasteiger charge is 2.08. The predicted octanol–water partition coefficient (Wildman–Crippen LogP) is 4.82. The molecular formula is C16H18BrNO. The van der Waals surface area contributed by atoms with E-state index in [4.69, 9.17) is 10.5 Å². The van der Waals surface area contributed by atoms with Crippen LogP contribution in [0.2, 0.25) is 0 Å². The van der Waals surface area contributed by atoms with E-state index in [9.17, 15) is 0 Å². The van der Waals surface area contributed by atoms with Gasteiger partial charge in [0.25, 0.3) is 0 Å². The topological polar surface area (TPSA) is 35.2 Å². The Morgan fingerprint density at radius 1 is 1.21 bits per heavy atom. The van der Waals surface area contributed by atoms with Crippen molar-refractivity contribution in [2.45, 2.75) is 26.3 Å². The van der Waals surface area contributed by atoms with Crippen molar-refractivity contribution in [3.05, 3.63) is 58.1 Å². The molecule has 3 heteroatoms. The molecule has 0 heterocycles. The first-order valence-corrected chi connectivity index (χ1v) is 7.22. The van der Waals surface area contributed by atoms with Crippen molar-refractivity contribution in [1.82, 2.24) is 0 Å². The van der Waals surface area contributed by atoms with Crippen LogP contribution in [0.25, 0.3) is 0 Å². The van der Waals surface area contributed by atoms with Gasteiger partial charge in [0, 0.05) is 10.5 Å². The van der Waals surface area contributed by atoms with Crippen molar-refractivity contribution in [1.29, 1.82) is 0 Å². The maximum atomic E-state index is 5.95. The molecule has 0 saturated carbocycles. The summed E-state index contributed by atoms with van der Waals surface area (Å²) < 4.78 is 6.93. The second-order valence-electron chi connectivity index (χ2n) is 4.54. The number of nitrogens with two attached hydrogens (primary N) is 1. The molecular weight excluding hydrogens is 302 g/mol. The lowest BCUT2D eigenvalue weighted by Crippen LogP contribution is -2.05. The zero-order chi connectivity index (χ0) is 13.8. The summed E-state index contributed by atoms with van der Waals surface area (Å²) in [7, 11) is 0. The third-order valence-corrected chi connectivity index (χ3v) is 3.73. The van der Waals surface area contributed by atoms with Crippen LogP contribution in [-0.2, 0) is 6.42 Å². The molecule has 2 aromatic rings. The maximum Gasteiger partial charge on any atom is 0.130 e. The number of rotatable bonds is 4. The van der Waals surface area contributed by atoms with E-state index in [1.54, 1.807) is 0 Å². The van der Waals surface area contributed by atoms with Gasteiger partial charge in [0.2, 0.25) is 0 Å². The first-order valence-electron chi connectivity index (χ1n) is 6.42. The van der Waals surface area contributed by atoms with E-state index in [-0.39, 0.29) is 6.04 Å². The lowest BCUT2D eigenvalue weighted by molar-refractivity contribution is 0.476. The number of para-hydroxylation sites is 1. The molecule has 2 aromatic carbocycles. The van der Waals surface area contributed by atoms with Crippen LogP contribution in [0.1, 0.15) is 31.0 Å². The van der Waals surface area contributed by atoms with Crippen LogP contribution in [0.4, 0.5) is 0 Å². The number of hydrogen-bond acceptors (Lipinski definition) is 2. The van der Waals surface area contributed by atoms with E-state index in [0.29, 0.717) is 0 Å². The predicted molar refractivity (Wildman–Crippen MR) is 82.6 cm³/mol. The van der Waals surface area contributed by atoms with E-state index in [2.05, 4.69) is 28.9 Å². The zero-order valence-electron chi connectivity index (χ0n) is 11.2. The molecule has 0 aliphatic rings. The molecule has 1 atom stereocenters. The largest absolute Gasteiger partial charge is 0.457 e. The minimum Gasteiger partial charge on any atom is -0.457 e. The fraction of sp³-hybridized carbons (Fsp3) is 0.250. The molecule has 0 unspecified atom stereocenters. The molecule has 0 fully saturated rings. The Morgan fingerprint density at radius 2 is 1.95 bits per heavy atom. The van der Waals surface area contributed by atoms with Gasteiger partial charge in [0.1, 0.15) is 11.5 Å². The van der Waals surface area contributed by atoms with Crippen LogP contribution < -0.4 is 10.5 Å². The van der Waals surface area contributed by atoms with E-state index >= 15 is 0 Å². The first-order chi connectivity index (χ1) is 9.11. The summed E-state index contributed by atoms with van der Waals surface area (Å²) in [6.07, 6.45) is 0.954. The standard InChI is InChI=1S/C16H18BrNO/c1-3-12-6-4-5-7-16(12)19-13-8-9-14(11(2)18)15(17)10-13/h4-11H,3,18H2,1-2H3/t11-/m0/s1. The molecule has 0 radical (unpaired) electrons. The lowest BCUT2D eigenvalue weighted by atomic mass is 10.1. The minimum atomic E-state index is 0.00588. The minimum absolute atomic E-state index is 0.00588. The molecule has 0 aromatic heterocycles. The number of halogens is 1. The molecule has 0 aliphatic carbocycles. The van der Waals surface area contributed by atoms with Crippen LogP contribution in [-0.4, -0.2) is 0 Å². The molecule has 2 nitrogen and oxygen atoms in total. The molecule has 0 amide bonds. The highest BCUT2D eigenvalue weighted by molar-refractivity contribution is 9.10. The van der Waals surface area contributed by atoms with Gasteiger partial charge in [-0.3, -0.25) is 0 Å². The van der Waals surface area contributed by atoms with Gasteiger partial charge in [-0.05, 0) is 42.7 Å². The van der Waals surface area contributed by atoms with E-state index in [1.165, 1.54) is 5.56 Å². The molecule has 19 heavy (non-hydrogen) atoms. The van der Waals surface area contributed by atoms with Crippen LogP contribution in [0.3, 0.4) is 0 Å². The van der Waals surface area contributed by atoms with Gasteiger partial charge in [-0.2, -0.15) is 0 Å². The number of ether oxygens (including phenoxy) is 1. The maximum absolute atomic E-state index is 5.95. The number of aryl methyl sites for hydroxylation is 1. The van der Waals surface area contributed by atoms with Crippen LogP contribution in [0.15, 0.2) is 46.9 Å². The monoisotopic (exact) mass is 319 g/mol. The lowest BCUT2D eigenvalue weighted by Gasteiger charge is -2.13. The van der Waals surface area contributed by atoms with Gasteiger partial charge in [0.05, 0.1) is 0 Å². The quantitative estimate of drug-likeness (QED) is 0.876. The smallest absolute Gasteiger partial charge is 0.130 e. The van der Waals surface area contributed by atoms with Gasteiger partial charge in [-0.1, -0.05) is 47.1 Å². The second kappa shape index (κ2) is 6.22. The normalized spacial score (nSPS) is 12.2. The molecule has 0 saturated heterocycles. The van der Waals surface area contributed by atoms with Crippen LogP contribution >= 0.6 is 15.9 Å². The summed E-state index contributed by atoms with van der Waals surface area (Å²) in [6, 6.07) is 14.0. The van der Waals surface area contributed by atoms with Crippen molar-refractivity contribution in [2.24, 2.45) is 5.73 Å². The van der Waals surface area contributed by atoms with Crippen molar-refractivity contribution in [3.63, 3.8) is 0 Å². The van der Waals surface area contributed by atoms with Crippen molar-refractivity contribution >= 4 is 15.9 Å². The number of hydrogen-bond donors (Lipinski definition) is 1. The average molecular weight is 320 g/mol. The first kappa shape index (κ1) is 14.1. The van der Waals surface area contributed by atoms with Crippen LogP contribution in [0.5, 0.6) is 11.5 Å². The average Bonchev–Trinajstić information content (AvgIpc) is 2.39. The molecule has 2 rings (SSSR count). The Hall–Kier alpha value is -1.32. The third-order valence-electron chi connectivity index (χ3n) is 3.04. The number of benzene rings is 2. The molecule has 100 valence electrons. The van der Waals surface area contributed by atoms with Gasteiger partial charge in [-0.15, -0.1) is 0 Å². The Morgan fingerprint density at radius 3 is 2.58 bits per heavy atom. The fourth-order valence-corrected chi connectivity index (χ4v) is 2.68. The summed E-state index contributed by atoms with van der Waals surface area (Å²) in [5.74, 6) is 1.72. The third kappa shape index (κ3) is 3.37. The molecule has 0 bridgehead atoms.